The molecule has 130 valence electrons. The molecule has 23 heavy (non-hydrogen) atoms. The molecular weight excluding hydrogens is 308 g/mol. The van der Waals surface area contributed by atoms with Crippen molar-refractivity contribution in [3.8, 4) is 0 Å². The molecule has 1 amide bonds. The van der Waals surface area contributed by atoms with Gasteiger partial charge in [-0.05, 0) is 6.08 Å². The van der Waals surface area contributed by atoms with Crippen LogP contribution in [0.5, 0.6) is 0 Å². The van der Waals surface area contributed by atoms with Crippen LogP contribution in [0.1, 0.15) is 13.8 Å². The smallest absolute Gasteiger partial charge is 0.217 e. The van der Waals surface area contributed by atoms with Crippen molar-refractivity contribution in [2.45, 2.75) is 44.2 Å². The molecule has 0 aromatic heterocycles. The van der Waals surface area contributed by atoms with Crippen molar-refractivity contribution in [2.24, 2.45) is 5.73 Å². The predicted molar refractivity (Wildman–Crippen MR) is 79.2 cm³/mol. The molecule has 1 heterocycles. The molecule has 1 aliphatic rings. The van der Waals surface area contributed by atoms with E-state index in [4.69, 9.17) is 21.0 Å². The zero-order valence-corrected chi connectivity index (χ0v) is 12.8. The number of amides is 1. The molecule has 0 saturated carbocycles. The Labute approximate surface area is 132 Å². The zero-order valence-electron chi connectivity index (χ0n) is 12.8. The number of ether oxygens (including phenoxy) is 1. The van der Waals surface area contributed by atoms with Crippen LogP contribution in [-0.4, -0.2) is 70.0 Å². The fourth-order valence-electron chi connectivity index (χ4n) is 2.26. The van der Waals surface area contributed by atoms with E-state index in [2.05, 4.69) is 10.6 Å². The van der Waals surface area contributed by atoms with Crippen molar-refractivity contribution in [2.75, 3.05) is 6.61 Å². The summed E-state index contributed by atoms with van der Waals surface area (Å²) in [5, 5.41) is 41.1. The van der Waals surface area contributed by atoms with E-state index in [9.17, 15) is 19.8 Å². The van der Waals surface area contributed by atoms with Gasteiger partial charge in [-0.3, -0.25) is 15.0 Å². The Morgan fingerprint density at radius 3 is 2.43 bits per heavy atom. The summed E-state index contributed by atoms with van der Waals surface area (Å²) >= 11 is 0. The van der Waals surface area contributed by atoms with Crippen molar-refractivity contribution >= 4 is 17.6 Å². The van der Waals surface area contributed by atoms with Gasteiger partial charge in [0.2, 0.25) is 5.91 Å². The first-order chi connectivity index (χ1) is 10.7. The van der Waals surface area contributed by atoms with Gasteiger partial charge in [0.25, 0.3) is 0 Å². The highest BCUT2D eigenvalue weighted by atomic mass is 16.5. The van der Waals surface area contributed by atoms with E-state index < -0.39 is 54.7 Å². The van der Waals surface area contributed by atoms with Crippen LogP contribution in [0.15, 0.2) is 11.8 Å². The number of ketones is 1. The number of hydrogen-bond acceptors (Lipinski definition) is 7. The average Bonchev–Trinajstić information content (AvgIpc) is 2.45. The van der Waals surface area contributed by atoms with Gasteiger partial charge in [-0.25, -0.2) is 0 Å². The number of rotatable bonds is 6. The lowest BCUT2D eigenvalue weighted by Gasteiger charge is -2.40. The van der Waals surface area contributed by atoms with E-state index in [0.717, 1.165) is 0 Å². The van der Waals surface area contributed by atoms with Crippen LogP contribution in [0.2, 0.25) is 0 Å². The molecule has 1 aliphatic heterocycles. The van der Waals surface area contributed by atoms with E-state index in [-0.39, 0.29) is 5.76 Å². The Morgan fingerprint density at radius 1 is 1.39 bits per heavy atom. The first-order valence-electron chi connectivity index (χ1n) is 6.91. The summed E-state index contributed by atoms with van der Waals surface area (Å²) in [6.07, 6.45) is -3.03. The number of nitrogens with two attached hydrogens (primary N) is 1. The third-order valence-corrected chi connectivity index (χ3v) is 3.29. The topological polar surface area (TPSA) is 178 Å². The summed E-state index contributed by atoms with van der Waals surface area (Å²) in [6.45, 7) is 1.74. The molecule has 0 aromatic rings. The second-order valence-corrected chi connectivity index (χ2v) is 5.22. The maximum Gasteiger partial charge on any atom is 0.217 e. The van der Waals surface area contributed by atoms with Crippen LogP contribution >= 0.6 is 0 Å². The number of Topliss-reactive ketones (excluding diaryl/α,β-unsaturated/α-hetero) is 1. The van der Waals surface area contributed by atoms with Crippen LogP contribution in [0.3, 0.4) is 0 Å². The average molecular weight is 330 g/mol. The van der Waals surface area contributed by atoms with Crippen molar-refractivity contribution in [3.63, 3.8) is 0 Å². The molecule has 0 aliphatic carbocycles. The van der Waals surface area contributed by atoms with Gasteiger partial charge in [0, 0.05) is 13.8 Å². The molecule has 0 saturated heterocycles. The van der Waals surface area contributed by atoms with Gasteiger partial charge in [0.1, 0.15) is 18.3 Å². The van der Waals surface area contributed by atoms with Gasteiger partial charge in [0.05, 0.1) is 18.7 Å². The van der Waals surface area contributed by atoms with Gasteiger partial charge >= 0.3 is 0 Å². The number of nitrogens with one attached hydrogen (secondary N) is 3. The van der Waals surface area contributed by atoms with Crippen LogP contribution in [-0.2, 0) is 14.3 Å². The number of aliphatic hydroxyl groups is 3. The van der Waals surface area contributed by atoms with Crippen molar-refractivity contribution in [1.82, 2.24) is 10.6 Å². The summed E-state index contributed by atoms with van der Waals surface area (Å²) in [5.41, 5.74) is 5.30. The van der Waals surface area contributed by atoms with Crippen molar-refractivity contribution in [1.29, 1.82) is 5.41 Å². The summed E-state index contributed by atoms with van der Waals surface area (Å²) in [4.78, 5) is 23.0. The maximum atomic E-state index is 11.6. The third kappa shape index (κ3) is 4.91. The molecule has 10 heteroatoms. The highest BCUT2D eigenvalue weighted by Crippen LogP contribution is 2.23. The molecular formula is C13H22N4O6. The number of carbonyl (C=O) groups excluding carboxylic acids is 2. The van der Waals surface area contributed by atoms with E-state index in [1.165, 1.54) is 19.9 Å². The Bertz CT molecular complexity index is 509. The number of carbonyl (C=O) groups is 2. The first kappa shape index (κ1) is 18.9. The minimum Gasteiger partial charge on any atom is -0.482 e. The molecule has 0 fully saturated rings. The molecule has 10 nitrogen and oxygen atoms in total. The lowest BCUT2D eigenvalue weighted by molar-refractivity contribution is -0.132. The van der Waals surface area contributed by atoms with Crippen LogP contribution in [0.25, 0.3) is 0 Å². The quantitative estimate of drug-likeness (QED) is 0.198. The number of aliphatic hydroxyl groups excluding tert-OH is 3. The largest absolute Gasteiger partial charge is 0.482 e. The Morgan fingerprint density at radius 2 is 2.00 bits per heavy atom. The Hall–Kier alpha value is -2.17. The summed E-state index contributed by atoms with van der Waals surface area (Å²) in [7, 11) is 0. The second kappa shape index (κ2) is 7.90. The Kier molecular flexibility index (Phi) is 6.49. The van der Waals surface area contributed by atoms with Crippen LogP contribution in [0, 0.1) is 5.41 Å². The third-order valence-electron chi connectivity index (χ3n) is 3.29. The van der Waals surface area contributed by atoms with Crippen molar-refractivity contribution < 1.29 is 29.6 Å². The van der Waals surface area contributed by atoms with Gasteiger partial charge in [-0.15, -0.1) is 0 Å². The zero-order chi connectivity index (χ0) is 17.7. The predicted octanol–water partition coefficient (Wildman–Crippen LogP) is -3.07. The SMILES string of the molecule is CC(=O)NC1C(NC(=N)N)C=C(C(C)=O)OC1C(O)C(O)CO. The summed E-state index contributed by atoms with van der Waals surface area (Å²) in [6, 6.07) is -1.76. The summed E-state index contributed by atoms with van der Waals surface area (Å²) in [5.74, 6) is -1.43. The van der Waals surface area contributed by atoms with Gasteiger partial charge < -0.3 is 36.4 Å². The van der Waals surface area contributed by atoms with E-state index in [1.807, 2.05) is 0 Å². The fourth-order valence-corrected chi connectivity index (χ4v) is 2.26. The van der Waals surface area contributed by atoms with Crippen LogP contribution in [0.4, 0.5) is 0 Å². The fraction of sp³-hybridized carbons (Fsp3) is 0.615. The number of guanidine groups is 1. The van der Waals surface area contributed by atoms with E-state index >= 15 is 0 Å². The van der Waals surface area contributed by atoms with Crippen molar-refractivity contribution in [3.05, 3.63) is 11.8 Å². The van der Waals surface area contributed by atoms with Crippen LogP contribution < -0.4 is 16.4 Å². The van der Waals surface area contributed by atoms with E-state index in [1.54, 1.807) is 0 Å². The highest BCUT2D eigenvalue weighted by molar-refractivity contribution is 5.91. The Balaban J connectivity index is 3.22. The second-order valence-electron chi connectivity index (χ2n) is 5.22. The minimum absolute atomic E-state index is 0.112. The highest BCUT2D eigenvalue weighted by Gasteiger charge is 2.43. The minimum atomic E-state index is -1.59. The lowest BCUT2D eigenvalue weighted by atomic mass is 9.91. The normalized spacial score (nSPS) is 26.3. The monoisotopic (exact) mass is 330 g/mol. The first-order valence-corrected chi connectivity index (χ1v) is 6.91. The van der Waals surface area contributed by atoms with Gasteiger partial charge in [-0.1, -0.05) is 0 Å². The molecule has 5 unspecified atom stereocenters. The maximum absolute atomic E-state index is 11.6. The molecule has 0 radical (unpaired) electrons. The number of allylic oxidation sites excluding steroid dienone is 1. The molecule has 1 rings (SSSR count). The molecule has 0 spiro atoms. The summed E-state index contributed by atoms with van der Waals surface area (Å²) < 4.78 is 5.38. The van der Waals surface area contributed by atoms with Gasteiger partial charge in [0.15, 0.2) is 17.5 Å². The standard InChI is InChI=1S/C13H22N4O6/c1-5(19)9-3-7(17-13(14)15)10(16-6(2)20)12(23-9)11(22)8(21)4-18/h3,7-8,10-12,18,21-22H,4H2,1-2H3,(H,16,20)(H4,14,15,17). The molecule has 8 N–H and O–H groups in total. The van der Waals surface area contributed by atoms with Gasteiger partial charge in [-0.2, -0.15) is 0 Å². The molecule has 0 bridgehead atoms. The number of hydrogen-bond donors (Lipinski definition) is 7. The van der Waals surface area contributed by atoms with E-state index in [0.29, 0.717) is 0 Å². The molecule has 5 atom stereocenters. The lowest BCUT2D eigenvalue weighted by Crippen LogP contribution is -2.64. The molecule has 0 aromatic carbocycles.